The van der Waals surface area contributed by atoms with Crippen LogP contribution in [0.4, 0.5) is 0 Å². The van der Waals surface area contributed by atoms with Crippen molar-refractivity contribution in [3.05, 3.63) is 18.0 Å². The van der Waals surface area contributed by atoms with E-state index < -0.39 is 0 Å². The van der Waals surface area contributed by atoms with E-state index in [1.165, 1.54) is 0 Å². The molecule has 0 spiro atoms. The highest BCUT2D eigenvalue weighted by molar-refractivity contribution is 5.12. The second-order valence-electron chi connectivity index (χ2n) is 4.08. The van der Waals surface area contributed by atoms with Gasteiger partial charge in [-0.25, -0.2) is 0 Å². The minimum absolute atomic E-state index is 0.140. The molecule has 1 fully saturated rings. The number of hydrogen-bond donors (Lipinski definition) is 1. The van der Waals surface area contributed by atoms with Crippen LogP contribution < -0.4 is 5.32 Å². The van der Waals surface area contributed by atoms with Crippen molar-refractivity contribution in [3.8, 4) is 0 Å². The first-order chi connectivity index (χ1) is 5.68. The third-order valence-electron chi connectivity index (χ3n) is 2.38. The Morgan fingerprint density at radius 1 is 1.75 bits per heavy atom. The van der Waals surface area contributed by atoms with Crippen LogP contribution in [-0.2, 0) is 5.41 Å². The van der Waals surface area contributed by atoms with Crippen LogP contribution in [0.5, 0.6) is 0 Å². The minimum atomic E-state index is 0.140. The Morgan fingerprint density at radius 2 is 2.50 bits per heavy atom. The topological polar surface area (TPSA) is 48.0 Å². The number of rotatable bonds is 3. The van der Waals surface area contributed by atoms with Gasteiger partial charge in [-0.15, -0.1) is 0 Å². The van der Waals surface area contributed by atoms with Crippen molar-refractivity contribution in [2.45, 2.75) is 31.7 Å². The summed E-state index contributed by atoms with van der Waals surface area (Å²) < 4.78 is 4.83. The lowest BCUT2D eigenvalue weighted by atomic mass is 9.84. The fourth-order valence-electron chi connectivity index (χ4n) is 1.51. The normalized spacial score (nSPS) is 22.7. The minimum Gasteiger partial charge on any atom is -0.364 e. The molecule has 2 rings (SSSR count). The molecular weight excluding hydrogens is 152 g/mol. The van der Waals surface area contributed by atoms with Gasteiger partial charge in [0.25, 0.3) is 0 Å². The molecule has 2 heterocycles. The zero-order valence-electron chi connectivity index (χ0n) is 7.50. The van der Waals surface area contributed by atoms with Gasteiger partial charge in [0.15, 0.2) is 0 Å². The monoisotopic (exact) mass is 166 g/mol. The first-order valence-corrected chi connectivity index (χ1v) is 4.33. The predicted molar refractivity (Wildman–Crippen MR) is 45.9 cm³/mol. The fourth-order valence-corrected chi connectivity index (χ4v) is 1.51. The number of nitrogens with one attached hydrogen (secondary N) is 1. The zero-order chi connectivity index (χ0) is 8.60. The first-order valence-electron chi connectivity index (χ1n) is 4.33. The van der Waals surface area contributed by atoms with Crippen LogP contribution in [-0.4, -0.2) is 17.7 Å². The zero-order valence-corrected chi connectivity index (χ0v) is 7.50. The smallest absolute Gasteiger partial charge is 0.124 e. The average Bonchev–Trinajstić information content (AvgIpc) is 2.67. The summed E-state index contributed by atoms with van der Waals surface area (Å²) in [6.07, 6.45) is 2.77. The van der Waals surface area contributed by atoms with Crippen LogP contribution in [0, 0.1) is 0 Å². The summed E-state index contributed by atoms with van der Waals surface area (Å²) in [6, 6.07) is 2.64. The number of nitrogens with zero attached hydrogens (tertiary/aromatic N) is 1. The van der Waals surface area contributed by atoms with Crippen molar-refractivity contribution in [2.24, 2.45) is 0 Å². The SMILES string of the molecule is CC(C)(CC1CN1)c1ccon1. The lowest BCUT2D eigenvalue weighted by Crippen LogP contribution is -2.20. The molecule has 3 nitrogen and oxygen atoms in total. The first kappa shape index (κ1) is 7.80. The fraction of sp³-hybridized carbons (Fsp3) is 0.667. The Balaban J connectivity index is 2.08. The van der Waals surface area contributed by atoms with Crippen molar-refractivity contribution in [1.82, 2.24) is 10.5 Å². The van der Waals surface area contributed by atoms with Crippen LogP contribution in [0.1, 0.15) is 26.0 Å². The van der Waals surface area contributed by atoms with Crippen molar-refractivity contribution >= 4 is 0 Å². The van der Waals surface area contributed by atoms with Gasteiger partial charge in [-0.1, -0.05) is 19.0 Å². The van der Waals surface area contributed by atoms with Gasteiger partial charge in [0.1, 0.15) is 6.26 Å². The average molecular weight is 166 g/mol. The maximum atomic E-state index is 4.83. The molecule has 1 saturated heterocycles. The molecule has 1 atom stereocenters. The third kappa shape index (κ3) is 1.50. The summed E-state index contributed by atoms with van der Waals surface area (Å²) >= 11 is 0. The molecule has 12 heavy (non-hydrogen) atoms. The maximum absolute atomic E-state index is 4.83. The summed E-state index contributed by atoms with van der Waals surface area (Å²) in [6.45, 7) is 5.55. The molecule has 0 amide bonds. The summed E-state index contributed by atoms with van der Waals surface area (Å²) in [5.74, 6) is 0. The van der Waals surface area contributed by atoms with Crippen molar-refractivity contribution < 1.29 is 4.52 Å². The van der Waals surface area contributed by atoms with E-state index in [4.69, 9.17) is 4.52 Å². The van der Waals surface area contributed by atoms with E-state index in [2.05, 4.69) is 24.3 Å². The van der Waals surface area contributed by atoms with Crippen LogP contribution in [0.3, 0.4) is 0 Å². The van der Waals surface area contributed by atoms with E-state index in [-0.39, 0.29) is 5.41 Å². The molecule has 1 aliphatic rings. The lowest BCUT2D eigenvalue weighted by molar-refractivity contribution is 0.375. The van der Waals surface area contributed by atoms with Gasteiger partial charge in [-0.05, 0) is 6.42 Å². The molecule has 1 aliphatic heterocycles. The lowest BCUT2D eigenvalue weighted by Gasteiger charge is -2.20. The number of aromatic nitrogens is 1. The van der Waals surface area contributed by atoms with Crippen molar-refractivity contribution in [1.29, 1.82) is 0 Å². The van der Waals surface area contributed by atoms with Gasteiger partial charge in [0.2, 0.25) is 0 Å². The molecule has 1 unspecified atom stereocenters. The maximum Gasteiger partial charge on any atom is 0.124 e. The van der Waals surface area contributed by atoms with E-state index in [0.29, 0.717) is 6.04 Å². The van der Waals surface area contributed by atoms with E-state index in [1.807, 2.05) is 6.07 Å². The number of hydrogen-bond acceptors (Lipinski definition) is 3. The van der Waals surface area contributed by atoms with Crippen LogP contribution >= 0.6 is 0 Å². The Kier molecular flexibility index (Phi) is 1.68. The van der Waals surface area contributed by atoms with Crippen LogP contribution in [0.15, 0.2) is 16.9 Å². The van der Waals surface area contributed by atoms with E-state index >= 15 is 0 Å². The molecule has 0 aromatic carbocycles. The van der Waals surface area contributed by atoms with Crippen molar-refractivity contribution in [3.63, 3.8) is 0 Å². The molecule has 0 saturated carbocycles. The standard InChI is InChI=1S/C9H14N2O/c1-9(2,5-7-6-10-7)8-3-4-12-11-8/h3-4,7,10H,5-6H2,1-2H3. The van der Waals surface area contributed by atoms with Crippen LogP contribution in [0.2, 0.25) is 0 Å². The highest BCUT2D eigenvalue weighted by atomic mass is 16.5. The highest BCUT2D eigenvalue weighted by Crippen LogP contribution is 2.28. The van der Waals surface area contributed by atoms with Crippen molar-refractivity contribution in [2.75, 3.05) is 6.54 Å². The second kappa shape index (κ2) is 2.59. The second-order valence-corrected chi connectivity index (χ2v) is 4.08. The molecule has 0 bridgehead atoms. The summed E-state index contributed by atoms with van der Waals surface area (Å²) in [5, 5.41) is 7.26. The Morgan fingerprint density at radius 3 is 3.00 bits per heavy atom. The van der Waals surface area contributed by atoms with E-state index in [9.17, 15) is 0 Å². The van der Waals surface area contributed by atoms with E-state index in [1.54, 1.807) is 6.26 Å². The summed E-state index contributed by atoms with van der Waals surface area (Å²) in [4.78, 5) is 0. The van der Waals surface area contributed by atoms with Gasteiger partial charge in [-0.2, -0.15) is 0 Å². The van der Waals surface area contributed by atoms with Gasteiger partial charge in [0.05, 0.1) is 5.69 Å². The van der Waals surface area contributed by atoms with E-state index in [0.717, 1.165) is 18.7 Å². The summed E-state index contributed by atoms with van der Waals surface area (Å²) in [7, 11) is 0. The molecular formula is C9H14N2O. The summed E-state index contributed by atoms with van der Waals surface area (Å²) in [5.41, 5.74) is 1.19. The van der Waals surface area contributed by atoms with Gasteiger partial charge < -0.3 is 9.84 Å². The molecule has 3 heteroatoms. The Hall–Kier alpha value is -0.830. The molecule has 0 radical (unpaired) electrons. The Bertz CT molecular complexity index is 250. The molecule has 66 valence electrons. The molecule has 1 aromatic rings. The Labute approximate surface area is 72.1 Å². The molecule has 0 aliphatic carbocycles. The molecule has 1 aromatic heterocycles. The molecule has 1 N–H and O–H groups in total. The highest BCUT2D eigenvalue weighted by Gasteiger charge is 2.32. The third-order valence-corrected chi connectivity index (χ3v) is 2.38. The van der Waals surface area contributed by atoms with Gasteiger partial charge >= 0.3 is 0 Å². The quantitative estimate of drug-likeness (QED) is 0.689. The van der Waals surface area contributed by atoms with Gasteiger partial charge in [-0.3, -0.25) is 0 Å². The van der Waals surface area contributed by atoms with Crippen LogP contribution in [0.25, 0.3) is 0 Å². The van der Waals surface area contributed by atoms with Gasteiger partial charge in [0, 0.05) is 24.1 Å². The largest absolute Gasteiger partial charge is 0.364 e. The predicted octanol–water partition coefficient (Wildman–Crippen LogP) is 1.31.